The van der Waals surface area contributed by atoms with Crippen LogP contribution < -0.4 is 5.32 Å². The van der Waals surface area contributed by atoms with Crippen LogP contribution >= 0.6 is 0 Å². The van der Waals surface area contributed by atoms with Gasteiger partial charge in [0, 0.05) is 33.6 Å². The van der Waals surface area contributed by atoms with Crippen LogP contribution in [0.2, 0.25) is 0 Å². The highest BCUT2D eigenvalue weighted by Gasteiger charge is 2.38. The summed E-state index contributed by atoms with van der Waals surface area (Å²) in [6.07, 6.45) is -9.97. The average Bonchev–Trinajstić information content (AvgIpc) is 2.81. The minimum atomic E-state index is -4.98. The number of carbonyl (C=O) groups excluding carboxylic acids is 1. The van der Waals surface area contributed by atoms with Crippen LogP contribution in [-0.4, -0.2) is 53.6 Å². The van der Waals surface area contributed by atoms with Crippen molar-refractivity contribution in [2.45, 2.75) is 45.2 Å². The minimum absolute atomic E-state index is 0.0572. The summed E-state index contributed by atoms with van der Waals surface area (Å²) in [4.78, 5) is 25.0. The number of carboxylic acid groups (broad SMARTS) is 1. The molecular formula is C25H28F7N3O3. The van der Waals surface area contributed by atoms with E-state index in [4.69, 9.17) is 9.90 Å². The first-order chi connectivity index (χ1) is 17.4. The largest absolute Gasteiger partial charge is 0.481 e. The number of hydrogen-bond acceptors (Lipinski definition) is 3. The predicted molar refractivity (Wildman–Crippen MR) is 125 cm³/mol. The third-order valence-corrected chi connectivity index (χ3v) is 6.06. The first-order valence-corrected chi connectivity index (χ1v) is 11.4. The number of urea groups is 1. The molecule has 0 spiro atoms. The molecule has 1 saturated heterocycles. The molecule has 13 heteroatoms. The Labute approximate surface area is 215 Å². The maximum Gasteiger partial charge on any atom is 0.416 e. The highest BCUT2D eigenvalue weighted by Crippen LogP contribution is 2.38. The molecule has 2 N–H and O–H groups in total. The zero-order valence-corrected chi connectivity index (χ0v) is 21.0. The lowest BCUT2D eigenvalue weighted by molar-refractivity contribution is -0.143. The molecule has 0 aromatic heterocycles. The Morgan fingerprint density at radius 1 is 1.05 bits per heavy atom. The summed E-state index contributed by atoms with van der Waals surface area (Å²) >= 11 is 0. The number of rotatable bonds is 3. The van der Waals surface area contributed by atoms with Crippen molar-refractivity contribution in [1.82, 2.24) is 15.1 Å². The molecule has 0 bridgehead atoms. The van der Waals surface area contributed by atoms with Crippen LogP contribution in [0.15, 0.2) is 36.4 Å². The van der Waals surface area contributed by atoms with Crippen molar-refractivity contribution < 1.29 is 45.4 Å². The van der Waals surface area contributed by atoms with Crippen LogP contribution in [0.1, 0.15) is 53.7 Å². The Morgan fingerprint density at radius 2 is 1.58 bits per heavy atom. The van der Waals surface area contributed by atoms with Gasteiger partial charge in [0.15, 0.2) is 0 Å². The van der Waals surface area contributed by atoms with Crippen LogP contribution in [0.5, 0.6) is 0 Å². The number of hydrogen-bond donors (Lipinski definition) is 2. The number of carbonyl (C=O) groups is 2. The molecule has 38 heavy (non-hydrogen) atoms. The van der Waals surface area contributed by atoms with Crippen molar-refractivity contribution in [2.24, 2.45) is 0 Å². The number of benzene rings is 2. The van der Waals surface area contributed by atoms with E-state index in [1.807, 2.05) is 0 Å². The van der Waals surface area contributed by atoms with E-state index >= 15 is 0 Å². The molecule has 1 heterocycles. The van der Waals surface area contributed by atoms with Gasteiger partial charge in [-0.3, -0.25) is 4.79 Å². The highest BCUT2D eigenvalue weighted by atomic mass is 19.4. The normalized spacial score (nSPS) is 16.8. The number of nitrogens with one attached hydrogen (secondary N) is 1. The summed E-state index contributed by atoms with van der Waals surface area (Å²) < 4.78 is 93.2. The summed E-state index contributed by atoms with van der Waals surface area (Å²) in [5.41, 5.74) is -1.85. The maximum atomic E-state index is 13.6. The third kappa shape index (κ3) is 7.83. The van der Waals surface area contributed by atoms with E-state index in [0.717, 1.165) is 11.8 Å². The molecule has 3 rings (SSSR count). The number of aryl methyl sites for hydroxylation is 1. The van der Waals surface area contributed by atoms with E-state index in [1.165, 1.54) is 31.0 Å². The van der Waals surface area contributed by atoms with Crippen LogP contribution in [0.3, 0.4) is 0 Å². The quantitative estimate of drug-likeness (QED) is 0.458. The van der Waals surface area contributed by atoms with Gasteiger partial charge >= 0.3 is 18.4 Å². The van der Waals surface area contributed by atoms with Gasteiger partial charge in [0.1, 0.15) is 5.82 Å². The van der Waals surface area contributed by atoms with E-state index in [-0.39, 0.29) is 18.2 Å². The topological polar surface area (TPSA) is 72.9 Å². The second kappa shape index (κ2) is 12.0. The number of carboxylic acids is 1. The van der Waals surface area contributed by atoms with Gasteiger partial charge in [-0.05, 0) is 60.9 Å². The number of alkyl halides is 6. The molecule has 1 fully saturated rings. The number of amides is 2. The molecule has 2 aromatic rings. The van der Waals surface area contributed by atoms with Gasteiger partial charge in [-0.25, -0.2) is 9.18 Å². The SMILES string of the molecule is CC(=O)O.Cc1cc(F)ccc1[C@@H]1CNCCN1C(=O)N(C)[C@@H](C)c1cc(C(F)(F)F)cc(C(F)(F)F)c1. The van der Waals surface area contributed by atoms with Crippen molar-refractivity contribution in [3.8, 4) is 0 Å². The Hall–Kier alpha value is -3.35. The predicted octanol–water partition coefficient (Wildman–Crippen LogP) is 6.02. The Morgan fingerprint density at radius 3 is 2.05 bits per heavy atom. The molecule has 0 unspecified atom stereocenters. The van der Waals surface area contributed by atoms with E-state index in [1.54, 1.807) is 13.0 Å². The lowest BCUT2D eigenvalue weighted by atomic mass is 9.98. The molecule has 1 aliphatic heterocycles. The van der Waals surface area contributed by atoms with Crippen LogP contribution in [-0.2, 0) is 17.1 Å². The van der Waals surface area contributed by atoms with Crippen molar-refractivity contribution in [3.05, 3.63) is 70.0 Å². The maximum absolute atomic E-state index is 13.6. The van der Waals surface area contributed by atoms with E-state index in [0.29, 0.717) is 36.3 Å². The summed E-state index contributed by atoms with van der Waals surface area (Å²) in [5, 5.41) is 10.6. The molecule has 1 aliphatic rings. The Bertz CT molecular complexity index is 1120. The summed E-state index contributed by atoms with van der Waals surface area (Å²) in [7, 11) is 1.33. The van der Waals surface area contributed by atoms with Crippen molar-refractivity contribution in [2.75, 3.05) is 26.7 Å². The van der Waals surface area contributed by atoms with Crippen LogP contribution in [0.4, 0.5) is 35.5 Å². The van der Waals surface area contributed by atoms with Gasteiger partial charge in [0.05, 0.1) is 23.2 Å². The number of piperazine rings is 1. The van der Waals surface area contributed by atoms with Gasteiger partial charge in [-0.1, -0.05) is 6.07 Å². The van der Waals surface area contributed by atoms with E-state index in [9.17, 15) is 35.5 Å². The zero-order valence-electron chi connectivity index (χ0n) is 21.0. The third-order valence-electron chi connectivity index (χ3n) is 6.06. The number of nitrogens with zero attached hydrogens (tertiary/aromatic N) is 2. The number of halogens is 7. The summed E-state index contributed by atoms with van der Waals surface area (Å²) in [5.74, 6) is -1.27. The Balaban J connectivity index is 0.00000118. The van der Waals surface area contributed by atoms with Gasteiger partial charge in [-0.2, -0.15) is 26.3 Å². The first-order valence-electron chi connectivity index (χ1n) is 11.4. The fourth-order valence-electron chi connectivity index (χ4n) is 4.04. The standard InChI is InChI=1S/C23H24F7N3O.C2H4O2/c1-13-8-18(24)4-5-19(13)20-12-31-6-7-33(20)21(34)32(3)14(2)15-9-16(22(25,26)27)11-17(10-15)23(28,29)30;1-2(3)4/h4-5,8-11,14,20,31H,6-7,12H2,1-3H3;1H3,(H,3,4)/t14-,20-;/m0./s1. The van der Waals surface area contributed by atoms with E-state index in [2.05, 4.69) is 5.32 Å². The first kappa shape index (κ1) is 30.9. The van der Waals surface area contributed by atoms with Gasteiger partial charge in [0.25, 0.3) is 5.97 Å². The zero-order chi connectivity index (χ0) is 29.0. The van der Waals surface area contributed by atoms with Crippen molar-refractivity contribution >= 4 is 12.0 Å². The van der Waals surface area contributed by atoms with Crippen LogP contribution in [0.25, 0.3) is 0 Å². The Kier molecular flexibility index (Phi) is 9.76. The monoisotopic (exact) mass is 551 g/mol. The number of aliphatic carboxylic acids is 1. The van der Waals surface area contributed by atoms with Gasteiger partial charge < -0.3 is 20.2 Å². The molecule has 2 atom stereocenters. The molecular weight excluding hydrogens is 523 g/mol. The second-order valence-corrected chi connectivity index (χ2v) is 8.84. The molecule has 0 radical (unpaired) electrons. The fourth-order valence-corrected chi connectivity index (χ4v) is 4.04. The van der Waals surface area contributed by atoms with Gasteiger partial charge in [0.2, 0.25) is 0 Å². The minimum Gasteiger partial charge on any atom is -0.481 e. The van der Waals surface area contributed by atoms with Crippen molar-refractivity contribution in [1.29, 1.82) is 0 Å². The molecule has 6 nitrogen and oxygen atoms in total. The molecule has 210 valence electrons. The van der Waals surface area contributed by atoms with Crippen molar-refractivity contribution in [3.63, 3.8) is 0 Å². The average molecular weight is 552 g/mol. The lowest BCUT2D eigenvalue weighted by Crippen LogP contribution is -2.52. The molecule has 0 saturated carbocycles. The van der Waals surface area contributed by atoms with Crippen LogP contribution in [0, 0.1) is 12.7 Å². The lowest BCUT2D eigenvalue weighted by Gasteiger charge is -2.40. The molecule has 2 amide bonds. The van der Waals surface area contributed by atoms with E-state index < -0.39 is 53.4 Å². The molecule has 0 aliphatic carbocycles. The smallest absolute Gasteiger partial charge is 0.416 e. The summed E-state index contributed by atoms with van der Waals surface area (Å²) in [6, 6.07) is 3.36. The second-order valence-electron chi connectivity index (χ2n) is 8.84. The fraction of sp³-hybridized carbons (Fsp3) is 0.440. The molecule has 2 aromatic carbocycles. The summed E-state index contributed by atoms with van der Waals surface area (Å²) in [6.45, 7) is 5.22. The van der Waals surface area contributed by atoms with Gasteiger partial charge in [-0.15, -0.1) is 0 Å². The highest BCUT2D eigenvalue weighted by molar-refractivity contribution is 5.75.